The summed E-state index contributed by atoms with van der Waals surface area (Å²) in [6.45, 7) is 3.68. The minimum Gasteiger partial charge on any atom is -0.376 e. The van der Waals surface area contributed by atoms with Crippen molar-refractivity contribution in [2.75, 3.05) is 26.7 Å². The van der Waals surface area contributed by atoms with Crippen LogP contribution in [0.2, 0.25) is 0 Å². The molecule has 1 fully saturated rings. The molecule has 1 aromatic heterocycles. The van der Waals surface area contributed by atoms with Gasteiger partial charge < -0.3 is 19.9 Å². The normalized spacial score (nSPS) is 21.4. The van der Waals surface area contributed by atoms with Crippen LogP contribution >= 0.6 is 0 Å². The number of aliphatic imine (C=N–C) groups is 1. The van der Waals surface area contributed by atoms with Crippen molar-refractivity contribution in [3.05, 3.63) is 11.6 Å². The molecule has 2 aliphatic heterocycles. The van der Waals surface area contributed by atoms with Gasteiger partial charge >= 0.3 is 0 Å². The maximum Gasteiger partial charge on any atom is 0.191 e. The molecule has 2 N–H and O–H groups in total. The first-order chi connectivity index (χ1) is 11.9. The number of rotatable bonds is 6. The average molecular weight is 334 g/mol. The minimum absolute atomic E-state index is 0.329. The highest BCUT2D eigenvalue weighted by Gasteiger charge is 2.16. The van der Waals surface area contributed by atoms with Crippen LogP contribution in [0.3, 0.4) is 0 Å². The van der Waals surface area contributed by atoms with E-state index in [4.69, 9.17) is 4.74 Å². The van der Waals surface area contributed by atoms with E-state index < -0.39 is 0 Å². The van der Waals surface area contributed by atoms with Crippen LogP contribution < -0.4 is 10.6 Å². The van der Waals surface area contributed by atoms with Crippen molar-refractivity contribution in [2.45, 2.75) is 64.0 Å². The zero-order valence-corrected chi connectivity index (χ0v) is 14.8. The molecule has 2 aliphatic rings. The van der Waals surface area contributed by atoms with Gasteiger partial charge in [-0.25, -0.2) is 0 Å². The Bertz CT molecular complexity index is 535. The Hall–Kier alpha value is -1.63. The monoisotopic (exact) mass is 334 g/mol. The fourth-order valence-electron chi connectivity index (χ4n) is 3.42. The van der Waals surface area contributed by atoms with E-state index in [1.165, 1.54) is 31.5 Å². The topological polar surface area (TPSA) is 76.4 Å². The third-order valence-electron chi connectivity index (χ3n) is 4.80. The van der Waals surface area contributed by atoms with Gasteiger partial charge in [-0.15, -0.1) is 10.2 Å². The smallest absolute Gasteiger partial charge is 0.191 e. The molecule has 0 radical (unpaired) electrons. The lowest BCUT2D eigenvalue weighted by atomic mass is 10.2. The van der Waals surface area contributed by atoms with Crippen LogP contribution in [0.5, 0.6) is 0 Å². The predicted molar refractivity (Wildman–Crippen MR) is 94.2 cm³/mol. The van der Waals surface area contributed by atoms with E-state index in [0.717, 1.165) is 63.7 Å². The predicted octanol–water partition coefficient (Wildman–Crippen LogP) is 1.28. The number of hydrogen-bond acceptors (Lipinski definition) is 4. The molecular weight excluding hydrogens is 304 g/mol. The van der Waals surface area contributed by atoms with E-state index in [1.54, 1.807) is 0 Å². The number of ether oxygens (including phenoxy) is 1. The van der Waals surface area contributed by atoms with Gasteiger partial charge in [0.2, 0.25) is 0 Å². The van der Waals surface area contributed by atoms with Gasteiger partial charge in [-0.3, -0.25) is 4.99 Å². The number of fused-ring (bicyclic) bond motifs is 1. The standard InChI is InChI=1S/C17H30N6O/c1-18-17(20-13-14-7-6-12-24-14)19-10-5-9-16-22-21-15-8-3-2-4-11-23(15)16/h14H,2-13H2,1H3,(H2,18,19,20). The molecule has 7 nitrogen and oxygen atoms in total. The first kappa shape index (κ1) is 17.2. The summed E-state index contributed by atoms with van der Waals surface area (Å²) in [5.41, 5.74) is 0. The Kier molecular flexibility index (Phi) is 6.46. The van der Waals surface area contributed by atoms with Gasteiger partial charge in [0.15, 0.2) is 5.96 Å². The summed E-state index contributed by atoms with van der Waals surface area (Å²) in [7, 11) is 1.81. The molecule has 0 amide bonds. The van der Waals surface area contributed by atoms with Gasteiger partial charge in [-0.05, 0) is 32.1 Å². The summed E-state index contributed by atoms with van der Waals surface area (Å²) >= 11 is 0. The molecule has 1 unspecified atom stereocenters. The second kappa shape index (κ2) is 9.01. The largest absolute Gasteiger partial charge is 0.376 e. The summed E-state index contributed by atoms with van der Waals surface area (Å²) in [5, 5.41) is 15.5. The van der Waals surface area contributed by atoms with Gasteiger partial charge in [0.1, 0.15) is 11.6 Å². The van der Waals surface area contributed by atoms with Crippen LogP contribution in [0.1, 0.15) is 50.2 Å². The molecule has 3 rings (SSSR count). The lowest BCUT2D eigenvalue weighted by Gasteiger charge is -2.15. The van der Waals surface area contributed by atoms with Crippen molar-refractivity contribution in [1.82, 2.24) is 25.4 Å². The molecule has 1 saturated heterocycles. The van der Waals surface area contributed by atoms with Crippen molar-refractivity contribution in [1.29, 1.82) is 0 Å². The van der Waals surface area contributed by atoms with Crippen molar-refractivity contribution < 1.29 is 4.74 Å². The molecule has 1 aromatic rings. The van der Waals surface area contributed by atoms with E-state index in [2.05, 4.69) is 30.4 Å². The lowest BCUT2D eigenvalue weighted by Crippen LogP contribution is -2.41. The van der Waals surface area contributed by atoms with Crippen molar-refractivity contribution >= 4 is 5.96 Å². The van der Waals surface area contributed by atoms with Crippen LogP contribution in [-0.4, -0.2) is 53.6 Å². The molecule has 0 spiro atoms. The summed E-state index contributed by atoms with van der Waals surface area (Å²) < 4.78 is 7.95. The quantitative estimate of drug-likeness (QED) is 0.466. The van der Waals surface area contributed by atoms with Gasteiger partial charge in [0, 0.05) is 46.1 Å². The van der Waals surface area contributed by atoms with Crippen LogP contribution in [0.4, 0.5) is 0 Å². The molecule has 24 heavy (non-hydrogen) atoms. The number of guanidine groups is 1. The maximum atomic E-state index is 5.62. The first-order valence-corrected chi connectivity index (χ1v) is 9.34. The molecule has 0 aromatic carbocycles. The zero-order chi connectivity index (χ0) is 16.6. The van der Waals surface area contributed by atoms with Crippen molar-refractivity contribution in [3.8, 4) is 0 Å². The fourth-order valence-corrected chi connectivity index (χ4v) is 3.42. The van der Waals surface area contributed by atoms with Gasteiger partial charge in [-0.2, -0.15) is 0 Å². The maximum absolute atomic E-state index is 5.62. The highest BCUT2D eigenvalue weighted by molar-refractivity contribution is 5.79. The zero-order valence-electron chi connectivity index (χ0n) is 14.8. The van der Waals surface area contributed by atoms with Crippen LogP contribution in [-0.2, 0) is 24.1 Å². The summed E-state index contributed by atoms with van der Waals surface area (Å²) in [6, 6.07) is 0. The van der Waals surface area contributed by atoms with E-state index >= 15 is 0 Å². The Balaban J connectivity index is 1.37. The number of nitrogens with zero attached hydrogens (tertiary/aromatic N) is 4. The minimum atomic E-state index is 0.329. The second-order valence-corrected chi connectivity index (χ2v) is 6.61. The van der Waals surface area contributed by atoms with Gasteiger partial charge in [-0.1, -0.05) is 6.42 Å². The lowest BCUT2D eigenvalue weighted by molar-refractivity contribution is 0.114. The van der Waals surface area contributed by atoms with Crippen molar-refractivity contribution in [3.63, 3.8) is 0 Å². The number of aromatic nitrogens is 3. The highest BCUT2D eigenvalue weighted by atomic mass is 16.5. The third kappa shape index (κ3) is 4.69. The van der Waals surface area contributed by atoms with E-state index in [-0.39, 0.29) is 0 Å². The third-order valence-corrected chi connectivity index (χ3v) is 4.80. The number of hydrogen-bond donors (Lipinski definition) is 2. The Morgan fingerprint density at radius 2 is 2.21 bits per heavy atom. The summed E-state index contributed by atoms with van der Waals surface area (Å²) in [4.78, 5) is 4.27. The number of aryl methyl sites for hydroxylation is 2. The van der Waals surface area contributed by atoms with E-state index in [9.17, 15) is 0 Å². The second-order valence-electron chi connectivity index (χ2n) is 6.61. The Labute approximate surface area is 144 Å². The Morgan fingerprint density at radius 1 is 1.25 bits per heavy atom. The molecule has 0 bridgehead atoms. The van der Waals surface area contributed by atoms with E-state index in [1.807, 2.05) is 7.05 Å². The summed E-state index contributed by atoms with van der Waals surface area (Å²) in [5.74, 6) is 3.16. The van der Waals surface area contributed by atoms with Crippen LogP contribution in [0.15, 0.2) is 4.99 Å². The average Bonchev–Trinajstić information content (AvgIpc) is 3.19. The SMILES string of the molecule is CN=C(NCCCc1nnc2n1CCCCC2)NCC1CCCO1. The Morgan fingerprint density at radius 3 is 3.04 bits per heavy atom. The van der Waals surface area contributed by atoms with Crippen LogP contribution in [0.25, 0.3) is 0 Å². The number of nitrogens with one attached hydrogen (secondary N) is 2. The summed E-state index contributed by atoms with van der Waals surface area (Å²) in [6.07, 6.45) is 9.49. The molecule has 0 aliphatic carbocycles. The highest BCUT2D eigenvalue weighted by Crippen LogP contribution is 2.15. The van der Waals surface area contributed by atoms with Crippen molar-refractivity contribution in [2.24, 2.45) is 4.99 Å². The molecule has 1 atom stereocenters. The first-order valence-electron chi connectivity index (χ1n) is 9.34. The van der Waals surface area contributed by atoms with Crippen LogP contribution in [0, 0.1) is 0 Å². The fraction of sp³-hybridized carbons (Fsp3) is 0.824. The molecule has 7 heteroatoms. The van der Waals surface area contributed by atoms with Gasteiger partial charge in [0.25, 0.3) is 0 Å². The molecule has 0 saturated carbocycles. The molecular formula is C17H30N6O. The van der Waals surface area contributed by atoms with E-state index in [0.29, 0.717) is 6.10 Å². The molecule has 134 valence electrons. The van der Waals surface area contributed by atoms with Gasteiger partial charge in [0.05, 0.1) is 6.10 Å². The molecule has 3 heterocycles.